The zero-order valence-electron chi connectivity index (χ0n) is 27.7. The van der Waals surface area contributed by atoms with Crippen molar-refractivity contribution in [3.8, 4) is 28.4 Å². The van der Waals surface area contributed by atoms with Gasteiger partial charge in [0.25, 0.3) is 0 Å². The molecule has 240 valence electrons. The van der Waals surface area contributed by atoms with Crippen molar-refractivity contribution in [1.29, 1.82) is 0 Å². The summed E-state index contributed by atoms with van der Waals surface area (Å²) in [5.41, 5.74) is 6.43. The molecular weight excluding hydrogens is 560 g/mol. The minimum absolute atomic E-state index is 0.0522. The van der Waals surface area contributed by atoms with Crippen molar-refractivity contribution in [2.45, 2.75) is 79.7 Å². The van der Waals surface area contributed by atoms with E-state index >= 15 is 0 Å². The van der Waals surface area contributed by atoms with Crippen molar-refractivity contribution >= 4 is 16.5 Å². The highest BCUT2D eigenvalue weighted by Crippen LogP contribution is 2.49. The Morgan fingerprint density at radius 1 is 0.977 bits per heavy atom. The maximum Gasteiger partial charge on any atom is 0.163 e. The van der Waals surface area contributed by atoms with E-state index in [0.717, 1.165) is 56.3 Å². The summed E-state index contributed by atoms with van der Waals surface area (Å²) >= 11 is 0. The smallest absolute Gasteiger partial charge is 0.163 e. The van der Waals surface area contributed by atoms with Gasteiger partial charge in [-0.3, -0.25) is 0 Å². The van der Waals surface area contributed by atoms with E-state index in [4.69, 9.17) is 37.9 Å². The predicted octanol–water partition coefficient (Wildman–Crippen LogP) is 8.03. The molecule has 44 heavy (non-hydrogen) atoms. The van der Waals surface area contributed by atoms with Crippen LogP contribution in [0.15, 0.2) is 36.9 Å². The molecule has 2 heterocycles. The Balaban J connectivity index is 0.00000216. The molecule has 0 amide bonds. The van der Waals surface area contributed by atoms with Crippen LogP contribution in [0.4, 0.5) is 0 Å². The molecule has 8 nitrogen and oxygen atoms in total. The lowest BCUT2D eigenvalue weighted by atomic mass is 9.84. The van der Waals surface area contributed by atoms with Crippen LogP contribution in [-0.4, -0.2) is 53.4 Å². The van der Waals surface area contributed by atoms with Gasteiger partial charge in [-0.25, -0.2) is 0 Å². The van der Waals surface area contributed by atoms with E-state index in [0.29, 0.717) is 36.9 Å². The standard InChI is InChI=1S/C34H42O8.C2H6/c1-9-38-29-13-23(11-10-19(29)2)33-27-16-31(37-8)30(36-7)15-26(27)25(28-17-39-21(4)32(28)33)14-24-12-20(3)34(42-24)41-22(5)40-18-35-6;1-2/h10-11,13,15-16,20,22,24,34H,4,9,12,14,17-18H2,1-3,5-8H3;1-2H3. The Kier molecular flexibility index (Phi) is 11.5. The number of rotatable bonds is 12. The summed E-state index contributed by atoms with van der Waals surface area (Å²) in [5.74, 6) is 3.03. The van der Waals surface area contributed by atoms with E-state index in [9.17, 15) is 0 Å². The summed E-state index contributed by atoms with van der Waals surface area (Å²) in [6.07, 6.45) is 0.672. The number of hydrogen-bond acceptors (Lipinski definition) is 8. The fourth-order valence-corrected chi connectivity index (χ4v) is 6.06. The lowest BCUT2D eigenvalue weighted by molar-refractivity contribution is -0.259. The summed E-state index contributed by atoms with van der Waals surface area (Å²) in [6, 6.07) is 10.5. The molecule has 3 aromatic carbocycles. The highest BCUT2D eigenvalue weighted by Gasteiger charge is 2.37. The van der Waals surface area contributed by atoms with Gasteiger partial charge in [-0.1, -0.05) is 39.5 Å². The van der Waals surface area contributed by atoms with Crippen LogP contribution in [-0.2, 0) is 36.7 Å². The third-order valence-corrected chi connectivity index (χ3v) is 8.08. The summed E-state index contributed by atoms with van der Waals surface area (Å²) < 4.78 is 46.7. The molecule has 2 aliphatic rings. The number of aryl methyl sites for hydroxylation is 1. The van der Waals surface area contributed by atoms with Gasteiger partial charge in [0.1, 0.15) is 24.9 Å². The molecule has 0 aromatic heterocycles. The Labute approximate surface area is 262 Å². The molecule has 4 atom stereocenters. The number of hydrogen-bond donors (Lipinski definition) is 0. The van der Waals surface area contributed by atoms with Crippen LogP contribution in [0.1, 0.15) is 63.3 Å². The molecule has 8 heteroatoms. The molecule has 0 radical (unpaired) electrons. The minimum atomic E-state index is -0.440. The normalized spacial score (nSPS) is 19.7. The van der Waals surface area contributed by atoms with Crippen LogP contribution in [0.25, 0.3) is 27.7 Å². The Morgan fingerprint density at radius 3 is 2.34 bits per heavy atom. The monoisotopic (exact) mass is 608 g/mol. The number of benzene rings is 3. The van der Waals surface area contributed by atoms with E-state index in [2.05, 4.69) is 50.8 Å². The molecule has 3 aromatic rings. The molecule has 0 spiro atoms. The second-order valence-corrected chi connectivity index (χ2v) is 10.9. The van der Waals surface area contributed by atoms with Crippen LogP contribution in [0, 0.1) is 12.8 Å². The minimum Gasteiger partial charge on any atom is -0.494 e. The third-order valence-electron chi connectivity index (χ3n) is 8.08. The van der Waals surface area contributed by atoms with Gasteiger partial charge in [0, 0.05) is 29.7 Å². The summed E-state index contributed by atoms with van der Waals surface area (Å²) in [5, 5.41) is 2.09. The molecule has 4 unspecified atom stereocenters. The SMILES string of the molecule is C=C1OCc2c1c(-c1ccc(C)c(OCC)c1)c1cc(OC)c(OC)cc1c2CC1CC(C)C(OC(C)OCOC)O1.CC. The number of fused-ring (bicyclic) bond motifs is 2. The second kappa shape index (κ2) is 15.1. The van der Waals surface area contributed by atoms with Crippen LogP contribution < -0.4 is 14.2 Å². The van der Waals surface area contributed by atoms with Crippen molar-refractivity contribution in [2.75, 3.05) is 34.7 Å². The van der Waals surface area contributed by atoms with Crippen molar-refractivity contribution < 1.29 is 37.9 Å². The average molecular weight is 609 g/mol. The van der Waals surface area contributed by atoms with Gasteiger partial charge in [-0.05, 0) is 79.3 Å². The number of ether oxygens (including phenoxy) is 8. The van der Waals surface area contributed by atoms with E-state index in [1.807, 2.05) is 27.7 Å². The Bertz CT molecular complexity index is 1450. The Hall–Kier alpha value is -3.30. The van der Waals surface area contributed by atoms with Crippen molar-refractivity contribution in [3.05, 3.63) is 59.2 Å². The quantitative estimate of drug-likeness (QED) is 0.191. The van der Waals surface area contributed by atoms with Gasteiger partial charge < -0.3 is 37.9 Å². The lowest BCUT2D eigenvalue weighted by Crippen LogP contribution is -2.26. The van der Waals surface area contributed by atoms with E-state index in [-0.39, 0.29) is 25.1 Å². The molecule has 0 bridgehead atoms. The zero-order chi connectivity index (χ0) is 32.0. The first-order valence-corrected chi connectivity index (χ1v) is 15.5. The second-order valence-electron chi connectivity index (χ2n) is 10.9. The predicted molar refractivity (Wildman–Crippen MR) is 173 cm³/mol. The van der Waals surface area contributed by atoms with Crippen LogP contribution in [0.2, 0.25) is 0 Å². The highest BCUT2D eigenvalue weighted by atomic mass is 16.8. The summed E-state index contributed by atoms with van der Waals surface area (Å²) in [7, 11) is 4.91. The van der Waals surface area contributed by atoms with Gasteiger partial charge in [-0.15, -0.1) is 0 Å². The van der Waals surface area contributed by atoms with E-state index in [1.54, 1.807) is 21.3 Å². The average Bonchev–Trinajstić information content (AvgIpc) is 3.58. The van der Waals surface area contributed by atoms with Crippen molar-refractivity contribution in [1.82, 2.24) is 0 Å². The Morgan fingerprint density at radius 2 is 1.68 bits per heavy atom. The molecule has 5 rings (SSSR count). The van der Waals surface area contributed by atoms with Gasteiger partial charge in [0.05, 0.1) is 26.9 Å². The van der Waals surface area contributed by atoms with Gasteiger partial charge in [-0.2, -0.15) is 0 Å². The van der Waals surface area contributed by atoms with E-state index in [1.165, 1.54) is 0 Å². The molecule has 0 N–H and O–H groups in total. The van der Waals surface area contributed by atoms with Crippen molar-refractivity contribution in [2.24, 2.45) is 5.92 Å². The largest absolute Gasteiger partial charge is 0.494 e. The highest BCUT2D eigenvalue weighted by molar-refractivity contribution is 6.06. The molecule has 1 fully saturated rings. The zero-order valence-corrected chi connectivity index (χ0v) is 27.7. The summed E-state index contributed by atoms with van der Waals surface area (Å²) in [6.45, 7) is 17.6. The first-order valence-electron chi connectivity index (χ1n) is 15.5. The maximum absolute atomic E-state index is 6.46. The molecule has 2 aliphatic heterocycles. The van der Waals surface area contributed by atoms with Crippen LogP contribution in [0.3, 0.4) is 0 Å². The topological polar surface area (TPSA) is 73.8 Å². The fourth-order valence-electron chi connectivity index (χ4n) is 6.06. The van der Waals surface area contributed by atoms with Gasteiger partial charge >= 0.3 is 0 Å². The first kappa shape index (κ1) is 33.6. The molecule has 1 saturated heterocycles. The van der Waals surface area contributed by atoms with Gasteiger partial charge in [0.2, 0.25) is 0 Å². The fraction of sp³-hybridized carbons (Fsp3) is 0.500. The van der Waals surface area contributed by atoms with Crippen LogP contribution in [0.5, 0.6) is 17.2 Å². The molecular formula is C36H48O8. The van der Waals surface area contributed by atoms with Crippen LogP contribution >= 0.6 is 0 Å². The van der Waals surface area contributed by atoms with Gasteiger partial charge in [0.15, 0.2) is 24.1 Å². The lowest BCUT2D eigenvalue weighted by Gasteiger charge is -2.23. The van der Waals surface area contributed by atoms with Crippen molar-refractivity contribution in [3.63, 3.8) is 0 Å². The maximum atomic E-state index is 6.46. The third kappa shape index (κ3) is 6.84. The number of methoxy groups -OCH3 is 3. The molecule has 0 saturated carbocycles. The molecule has 0 aliphatic carbocycles. The van der Waals surface area contributed by atoms with E-state index < -0.39 is 6.29 Å². The first-order chi connectivity index (χ1) is 21.3. The summed E-state index contributed by atoms with van der Waals surface area (Å²) in [4.78, 5) is 0.